The molecule has 0 fully saturated rings. The van der Waals surface area contributed by atoms with Gasteiger partial charge < -0.3 is 24.2 Å². The Morgan fingerprint density at radius 1 is 1.00 bits per heavy atom. The molecule has 0 aromatic heterocycles. The molecular weight excluding hydrogens is 258 g/mol. The summed E-state index contributed by atoms with van der Waals surface area (Å²) >= 11 is 0. The number of esters is 3. The van der Waals surface area contributed by atoms with Crippen molar-refractivity contribution in [1.29, 1.82) is 0 Å². The molecule has 0 saturated carbocycles. The molecule has 1 N–H and O–H groups in total. The highest BCUT2D eigenvalue weighted by Crippen LogP contribution is 2.16. The molecule has 0 atom stereocenters. The van der Waals surface area contributed by atoms with Crippen LogP contribution in [-0.2, 0) is 28.6 Å². The number of carbonyl (C=O) groups is 3. The lowest BCUT2D eigenvalue weighted by Crippen LogP contribution is -2.30. The fourth-order valence-electron chi connectivity index (χ4n) is 1.27. The van der Waals surface area contributed by atoms with E-state index in [1.54, 1.807) is 0 Å². The fourth-order valence-corrected chi connectivity index (χ4v) is 1.27. The number of aliphatic hydroxyl groups excluding tert-OH is 1. The smallest absolute Gasteiger partial charge is 0.354 e. The van der Waals surface area contributed by atoms with E-state index in [0.29, 0.717) is 0 Å². The number of hydrogen-bond donors (Lipinski definition) is 1. The lowest BCUT2D eigenvalue weighted by molar-refractivity contribution is -0.144. The number of aliphatic hydroxyl groups is 1. The molecule has 0 amide bonds. The van der Waals surface area contributed by atoms with Crippen molar-refractivity contribution in [1.82, 2.24) is 4.90 Å². The third-order valence-corrected chi connectivity index (χ3v) is 2.24. The maximum atomic E-state index is 11.7. The van der Waals surface area contributed by atoms with Crippen LogP contribution in [0.25, 0.3) is 0 Å². The van der Waals surface area contributed by atoms with E-state index in [2.05, 4.69) is 14.2 Å². The van der Waals surface area contributed by atoms with Crippen LogP contribution in [0.15, 0.2) is 11.3 Å². The van der Waals surface area contributed by atoms with Crippen molar-refractivity contribution in [2.75, 3.05) is 35.1 Å². The van der Waals surface area contributed by atoms with E-state index in [1.807, 2.05) is 0 Å². The number of nitrogens with zero attached hydrogens (tertiary/aromatic N) is 1. The molecule has 0 aromatic carbocycles. The Balaban J connectivity index is 5.74. The van der Waals surface area contributed by atoms with Crippen LogP contribution in [0.1, 0.15) is 6.42 Å². The van der Waals surface area contributed by atoms with Gasteiger partial charge in [0.15, 0.2) is 0 Å². The zero-order valence-corrected chi connectivity index (χ0v) is 11.3. The third-order valence-electron chi connectivity index (χ3n) is 2.24. The van der Waals surface area contributed by atoms with E-state index in [9.17, 15) is 14.4 Å². The summed E-state index contributed by atoms with van der Waals surface area (Å²) in [5, 5.41) is 9.06. The second-order valence-electron chi connectivity index (χ2n) is 3.40. The first-order chi connectivity index (χ1) is 8.92. The van der Waals surface area contributed by atoms with Gasteiger partial charge in [-0.25, -0.2) is 9.59 Å². The van der Waals surface area contributed by atoms with Gasteiger partial charge in [0.25, 0.3) is 0 Å². The molecule has 0 saturated heterocycles. The summed E-state index contributed by atoms with van der Waals surface area (Å²) < 4.78 is 13.5. The molecule has 8 heteroatoms. The van der Waals surface area contributed by atoms with Crippen LogP contribution < -0.4 is 0 Å². The van der Waals surface area contributed by atoms with Gasteiger partial charge in [-0.2, -0.15) is 0 Å². The lowest BCUT2D eigenvalue weighted by Gasteiger charge is -2.20. The fraction of sp³-hybridized carbons (Fsp3) is 0.545. The number of likely N-dealkylation sites (N-methyl/N-ethyl adjacent to an activating group) is 1. The quantitative estimate of drug-likeness (QED) is 0.286. The van der Waals surface area contributed by atoms with E-state index in [-0.39, 0.29) is 11.3 Å². The molecule has 0 unspecified atom stereocenters. The molecule has 0 spiro atoms. The number of rotatable bonds is 6. The van der Waals surface area contributed by atoms with Gasteiger partial charge >= 0.3 is 17.9 Å². The normalized spacial score (nSPS) is 11.2. The van der Waals surface area contributed by atoms with Crippen molar-refractivity contribution in [3.8, 4) is 0 Å². The molecule has 8 nitrogen and oxygen atoms in total. The predicted molar refractivity (Wildman–Crippen MR) is 62.5 cm³/mol. The minimum absolute atomic E-state index is 0.252. The van der Waals surface area contributed by atoms with Gasteiger partial charge in [0.05, 0.1) is 33.3 Å². The molecular formula is C11H17NO7. The Hall–Kier alpha value is -2.09. The summed E-state index contributed by atoms with van der Waals surface area (Å²) in [7, 11) is 4.71. The van der Waals surface area contributed by atoms with E-state index in [0.717, 1.165) is 26.2 Å². The average molecular weight is 275 g/mol. The number of carbonyl (C=O) groups excluding carboxylic acids is 3. The van der Waals surface area contributed by atoms with Crippen molar-refractivity contribution in [3.05, 3.63) is 11.3 Å². The zero-order chi connectivity index (χ0) is 15.0. The highest BCUT2D eigenvalue weighted by Gasteiger charge is 2.27. The summed E-state index contributed by atoms with van der Waals surface area (Å²) in [4.78, 5) is 35.6. The van der Waals surface area contributed by atoms with Crippen molar-refractivity contribution in [3.63, 3.8) is 0 Å². The van der Waals surface area contributed by atoms with E-state index in [4.69, 9.17) is 5.11 Å². The van der Waals surface area contributed by atoms with Crippen molar-refractivity contribution >= 4 is 17.9 Å². The second kappa shape index (κ2) is 8.09. The number of methoxy groups -OCH3 is 3. The van der Waals surface area contributed by atoms with E-state index < -0.39 is 31.1 Å². The van der Waals surface area contributed by atoms with Gasteiger partial charge in [-0.1, -0.05) is 0 Å². The van der Waals surface area contributed by atoms with Gasteiger partial charge in [-0.15, -0.1) is 0 Å². The summed E-state index contributed by atoms with van der Waals surface area (Å²) in [6, 6.07) is 0. The largest absolute Gasteiger partial charge is 0.469 e. The van der Waals surface area contributed by atoms with Crippen LogP contribution in [0.3, 0.4) is 0 Å². The Morgan fingerprint density at radius 3 is 1.89 bits per heavy atom. The summed E-state index contributed by atoms with van der Waals surface area (Å²) in [6.07, 6.45) is -0.474. The van der Waals surface area contributed by atoms with Gasteiger partial charge in [-0.05, 0) is 0 Å². The Labute approximate surface area is 110 Å². The molecule has 0 heterocycles. The topological polar surface area (TPSA) is 102 Å². The van der Waals surface area contributed by atoms with Crippen molar-refractivity contribution in [2.45, 2.75) is 6.42 Å². The maximum Gasteiger partial charge on any atom is 0.354 e. The predicted octanol–water partition coefficient (Wildman–Crippen LogP) is -0.969. The molecule has 0 bridgehead atoms. The zero-order valence-electron chi connectivity index (χ0n) is 11.3. The molecule has 0 aromatic rings. The van der Waals surface area contributed by atoms with Crippen LogP contribution in [-0.4, -0.2) is 63.0 Å². The standard InChI is InChI=1S/C11H17NO7/c1-12(6-13)9(11(16)19-4)7(10(15)18-3)5-8(14)17-2/h13H,5-6H2,1-4H3/b9-7+. The van der Waals surface area contributed by atoms with E-state index in [1.165, 1.54) is 7.05 Å². The minimum Gasteiger partial charge on any atom is -0.469 e. The molecule has 0 rings (SSSR count). The van der Waals surface area contributed by atoms with Gasteiger partial charge in [0.2, 0.25) is 0 Å². The first kappa shape index (κ1) is 16.9. The number of hydrogen-bond acceptors (Lipinski definition) is 8. The summed E-state index contributed by atoms with van der Waals surface area (Å²) in [5.41, 5.74) is -0.514. The molecule has 108 valence electrons. The van der Waals surface area contributed by atoms with Gasteiger partial charge in [0.1, 0.15) is 12.4 Å². The summed E-state index contributed by atoms with van der Waals surface area (Å²) in [5.74, 6) is -2.49. The maximum absolute atomic E-state index is 11.7. The van der Waals surface area contributed by atoms with Crippen LogP contribution in [0.2, 0.25) is 0 Å². The molecule has 0 aliphatic heterocycles. The van der Waals surface area contributed by atoms with Crippen molar-refractivity contribution < 1.29 is 33.7 Å². The SMILES string of the molecule is COC(=O)C/C(C(=O)OC)=C(/C(=O)OC)N(C)CO. The van der Waals surface area contributed by atoms with Crippen LogP contribution >= 0.6 is 0 Å². The average Bonchev–Trinajstić information content (AvgIpc) is 2.44. The van der Waals surface area contributed by atoms with Crippen LogP contribution in [0.4, 0.5) is 0 Å². The monoisotopic (exact) mass is 275 g/mol. The van der Waals surface area contributed by atoms with Crippen LogP contribution in [0.5, 0.6) is 0 Å². The summed E-state index contributed by atoms with van der Waals surface area (Å²) in [6.45, 7) is -0.550. The molecule has 0 aliphatic carbocycles. The van der Waals surface area contributed by atoms with Crippen molar-refractivity contribution in [2.24, 2.45) is 0 Å². The van der Waals surface area contributed by atoms with E-state index >= 15 is 0 Å². The molecule has 19 heavy (non-hydrogen) atoms. The minimum atomic E-state index is -0.883. The highest BCUT2D eigenvalue weighted by molar-refractivity contribution is 6.02. The second-order valence-corrected chi connectivity index (χ2v) is 3.40. The third kappa shape index (κ3) is 4.59. The Morgan fingerprint density at radius 2 is 1.53 bits per heavy atom. The van der Waals surface area contributed by atoms with Gasteiger partial charge in [0, 0.05) is 7.05 Å². The first-order valence-electron chi connectivity index (χ1n) is 5.21. The Kier molecular flexibility index (Phi) is 7.20. The van der Waals surface area contributed by atoms with Gasteiger partial charge in [-0.3, -0.25) is 4.79 Å². The number of ether oxygens (including phenoxy) is 3. The molecule has 0 aliphatic rings. The highest BCUT2D eigenvalue weighted by atomic mass is 16.5. The first-order valence-corrected chi connectivity index (χ1v) is 5.21. The lowest BCUT2D eigenvalue weighted by atomic mass is 10.1. The van der Waals surface area contributed by atoms with Crippen LogP contribution in [0, 0.1) is 0 Å². The molecule has 0 radical (unpaired) electrons. The Bertz CT molecular complexity index is 389.